The molecule has 0 bridgehead atoms. The maximum atomic E-state index is 10.9. The Kier molecular flexibility index (Phi) is 3.13. The van der Waals surface area contributed by atoms with E-state index in [4.69, 9.17) is 4.74 Å². The molecule has 72 valence electrons. The first-order valence-corrected chi connectivity index (χ1v) is 3.83. The van der Waals surface area contributed by atoms with Crippen LogP contribution in [0.5, 0.6) is 0 Å². The molecule has 0 spiro atoms. The average Bonchev–Trinajstić information content (AvgIpc) is 2.11. The van der Waals surface area contributed by atoms with Crippen LogP contribution >= 0.6 is 0 Å². The van der Waals surface area contributed by atoms with Gasteiger partial charge in [-0.15, -0.1) is 0 Å². The number of amides is 1. The van der Waals surface area contributed by atoms with Gasteiger partial charge < -0.3 is 9.64 Å². The Morgan fingerprint density at radius 1 is 1.50 bits per heavy atom. The summed E-state index contributed by atoms with van der Waals surface area (Å²) < 4.78 is 5.12. The quantitative estimate of drug-likeness (QED) is 0.561. The summed E-state index contributed by atoms with van der Waals surface area (Å²) in [6, 6.07) is 0. The molecule has 1 unspecified atom stereocenters. The Bertz CT molecular complexity index is 172. The second kappa shape index (κ2) is 3.33. The Labute approximate surface area is 74.7 Å². The summed E-state index contributed by atoms with van der Waals surface area (Å²) >= 11 is 0. The van der Waals surface area contributed by atoms with Crippen molar-refractivity contribution in [3.05, 3.63) is 0 Å². The number of ether oxygens (including phenoxy) is 1. The molecule has 1 saturated heterocycles. The van der Waals surface area contributed by atoms with E-state index in [0.717, 1.165) is 0 Å². The number of hydrogen-bond donors (Lipinski definition) is 0. The number of nitrogens with zero attached hydrogens (tertiary/aromatic N) is 1. The van der Waals surface area contributed by atoms with E-state index < -0.39 is 0 Å². The van der Waals surface area contributed by atoms with E-state index in [1.807, 2.05) is 0 Å². The van der Waals surface area contributed by atoms with Crippen LogP contribution in [-0.4, -0.2) is 30.7 Å². The summed E-state index contributed by atoms with van der Waals surface area (Å²) in [5.41, 5.74) is 0.0560. The minimum Gasteiger partial charge on any atom is -0.444 e. The minimum atomic E-state index is -0.204. The van der Waals surface area contributed by atoms with Gasteiger partial charge in [-0.3, -0.25) is 0 Å². The highest BCUT2D eigenvalue weighted by Crippen LogP contribution is 2.26. The van der Waals surface area contributed by atoms with Gasteiger partial charge in [0, 0.05) is 12.5 Å². The van der Waals surface area contributed by atoms with Crippen molar-refractivity contribution >= 4 is 6.09 Å². The second-order valence-corrected chi connectivity index (χ2v) is 4.12. The third-order valence-electron chi connectivity index (χ3n) is 1.96. The molecule has 3 nitrogen and oxygen atoms in total. The van der Waals surface area contributed by atoms with Gasteiger partial charge in [0.15, 0.2) is 0 Å². The van der Waals surface area contributed by atoms with E-state index in [0.29, 0.717) is 6.54 Å². The molecule has 1 fully saturated rings. The molecule has 1 rings (SSSR count). The van der Waals surface area contributed by atoms with Crippen LogP contribution in [0.3, 0.4) is 0 Å². The lowest BCUT2D eigenvalue weighted by molar-refractivity contribution is 0.0724. The average molecular weight is 173 g/mol. The summed E-state index contributed by atoms with van der Waals surface area (Å²) in [6.45, 7) is 6.93. The van der Waals surface area contributed by atoms with Gasteiger partial charge in [-0.2, -0.15) is 0 Å². The second-order valence-electron chi connectivity index (χ2n) is 4.12. The van der Waals surface area contributed by atoms with Gasteiger partial charge in [0.1, 0.15) is 6.10 Å². The molecule has 0 aromatic heterocycles. The largest absolute Gasteiger partial charge is 0.444 e. The SMILES string of the molecule is C.CN1CC(C(C)(C)C)OC1=O. The van der Waals surface area contributed by atoms with E-state index in [9.17, 15) is 4.79 Å². The number of likely N-dealkylation sites (N-methyl/N-ethyl adjacent to an activating group) is 1. The van der Waals surface area contributed by atoms with Crippen molar-refractivity contribution in [3.63, 3.8) is 0 Å². The molecule has 1 atom stereocenters. The molecule has 0 aromatic carbocycles. The van der Waals surface area contributed by atoms with Gasteiger partial charge in [-0.1, -0.05) is 28.2 Å². The third kappa shape index (κ3) is 2.13. The van der Waals surface area contributed by atoms with E-state index in [2.05, 4.69) is 20.8 Å². The highest BCUT2D eigenvalue weighted by Gasteiger charge is 2.36. The number of cyclic esters (lactones) is 1. The summed E-state index contributed by atoms with van der Waals surface area (Å²) in [6.07, 6.45) is -0.162. The molecule has 0 aromatic rings. The van der Waals surface area contributed by atoms with E-state index in [-0.39, 0.29) is 25.0 Å². The summed E-state index contributed by atoms with van der Waals surface area (Å²) in [7, 11) is 1.76. The van der Waals surface area contributed by atoms with Crippen molar-refractivity contribution in [1.82, 2.24) is 4.90 Å². The number of hydrogen-bond acceptors (Lipinski definition) is 2. The molecule has 12 heavy (non-hydrogen) atoms. The molecule has 1 aliphatic heterocycles. The molecule has 0 N–H and O–H groups in total. The Morgan fingerprint density at radius 3 is 2.17 bits per heavy atom. The first-order chi connectivity index (χ1) is 4.91. The Hall–Kier alpha value is -0.730. The van der Waals surface area contributed by atoms with Crippen LogP contribution in [0.25, 0.3) is 0 Å². The third-order valence-corrected chi connectivity index (χ3v) is 1.96. The Morgan fingerprint density at radius 2 is 2.00 bits per heavy atom. The van der Waals surface area contributed by atoms with Crippen molar-refractivity contribution in [2.75, 3.05) is 13.6 Å². The molecule has 0 radical (unpaired) electrons. The predicted octanol–water partition coefficient (Wildman–Crippen LogP) is 2.12. The van der Waals surface area contributed by atoms with Crippen LogP contribution in [-0.2, 0) is 4.74 Å². The van der Waals surface area contributed by atoms with Crippen LogP contribution in [0, 0.1) is 5.41 Å². The van der Waals surface area contributed by atoms with Gasteiger partial charge >= 0.3 is 6.09 Å². The number of carbonyl (C=O) groups is 1. The van der Waals surface area contributed by atoms with Gasteiger partial charge in [-0.05, 0) is 0 Å². The van der Waals surface area contributed by atoms with Crippen LogP contribution in [0.15, 0.2) is 0 Å². The smallest absolute Gasteiger partial charge is 0.409 e. The maximum absolute atomic E-state index is 10.9. The van der Waals surface area contributed by atoms with Crippen LogP contribution in [0.2, 0.25) is 0 Å². The van der Waals surface area contributed by atoms with Gasteiger partial charge in [0.05, 0.1) is 6.54 Å². The predicted molar refractivity (Wildman–Crippen MR) is 49.1 cm³/mol. The summed E-state index contributed by atoms with van der Waals surface area (Å²) in [5.74, 6) is 0. The first kappa shape index (κ1) is 11.3. The fraction of sp³-hybridized carbons (Fsp3) is 0.889. The number of rotatable bonds is 0. The monoisotopic (exact) mass is 173 g/mol. The molecule has 3 heteroatoms. The zero-order chi connectivity index (χ0) is 8.65. The normalized spacial score (nSPS) is 23.5. The lowest BCUT2D eigenvalue weighted by atomic mass is 9.89. The molecule has 0 aliphatic carbocycles. The zero-order valence-electron chi connectivity index (χ0n) is 7.55. The zero-order valence-corrected chi connectivity index (χ0v) is 7.55. The number of carbonyl (C=O) groups excluding carboxylic acids is 1. The van der Waals surface area contributed by atoms with E-state index in [1.54, 1.807) is 11.9 Å². The van der Waals surface area contributed by atoms with Crippen molar-refractivity contribution in [2.24, 2.45) is 5.41 Å². The van der Waals surface area contributed by atoms with Crippen molar-refractivity contribution in [1.29, 1.82) is 0 Å². The molecular weight excluding hydrogens is 154 g/mol. The van der Waals surface area contributed by atoms with Gasteiger partial charge in [0.2, 0.25) is 0 Å². The molecular formula is C9H19NO2. The van der Waals surface area contributed by atoms with Crippen LogP contribution in [0.4, 0.5) is 4.79 Å². The standard InChI is InChI=1S/C8H15NO2.CH4/c1-8(2,3)6-5-9(4)7(10)11-6;/h6H,5H2,1-4H3;1H4. The summed E-state index contributed by atoms with van der Waals surface area (Å²) in [4.78, 5) is 12.5. The van der Waals surface area contributed by atoms with Crippen molar-refractivity contribution in [3.8, 4) is 0 Å². The highest BCUT2D eigenvalue weighted by molar-refractivity contribution is 5.69. The lowest BCUT2D eigenvalue weighted by Crippen LogP contribution is -2.29. The molecule has 1 aliphatic rings. The van der Waals surface area contributed by atoms with Crippen molar-refractivity contribution in [2.45, 2.75) is 34.3 Å². The van der Waals surface area contributed by atoms with Gasteiger partial charge in [0.25, 0.3) is 0 Å². The van der Waals surface area contributed by atoms with Crippen LogP contribution < -0.4 is 0 Å². The fourth-order valence-electron chi connectivity index (χ4n) is 1.02. The fourth-order valence-corrected chi connectivity index (χ4v) is 1.02. The van der Waals surface area contributed by atoms with Gasteiger partial charge in [-0.25, -0.2) is 4.79 Å². The van der Waals surface area contributed by atoms with E-state index >= 15 is 0 Å². The van der Waals surface area contributed by atoms with E-state index in [1.165, 1.54) is 0 Å². The minimum absolute atomic E-state index is 0. The van der Waals surface area contributed by atoms with Crippen molar-refractivity contribution < 1.29 is 9.53 Å². The lowest BCUT2D eigenvalue weighted by Gasteiger charge is -2.23. The first-order valence-electron chi connectivity index (χ1n) is 3.83. The Balaban J connectivity index is 0.00000121. The maximum Gasteiger partial charge on any atom is 0.409 e. The molecule has 1 heterocycles. The summed E-state index contributed by atoms with van der Waals surface area (Å²) in [5, 5.41) is 0. The highest BCUT2D eigenvalue weighted by atomic mass is 16.6. The molecule has 1 amide bonds. The topological polar surface area (TPSA) is 29.5 Å². The molecule has 0 saturated carbocycles. The van der Waals surface area contributed by atoms with Crippen LogP contribution in [0.1, 0.15) is 28.2 Å².